The van der Waals surface area contributed by atoms with Crippen LogP contribution in [0.3, 0.4) is 0 Å². The normalized spacial score (nSPS) is 10.5. The number of hydrogen-bond acceptors (Lipinski definition) is 2. The topological polar surface area (TPSA) is 38.0 Å². The number of nitrogens with two attached hydrogens (primary N) is 1. The Hall–Kier alpha value is -1.12. The molecule has 0 saturated carbocycles. The molecule has 0 aliphatic heterocycles. The molecule has 2 aromatic rings. The highest BCUT2D eigenvalue weighted by Gasteiger charge is 2.16. The Morgan fingerprint density at radius 2 is 1.81 bits per heavy atom. The van der Waals surface area contributed by atoms with Crippen molar-refractivity contribution in [2.75, 3.05) is 5.32 Å². The standard InChI is InChI=1S/C13H7Br2F3N2S/c14-7-3-5(16)4-8(17)12(7)20-9-2-1-6(13(19)21)10(15)11(9)18/h1-4,20H,(H2,19,21). The van der Waals surface area contributed by atoms with Crippen molar-refractivity contribution in [3.63, 3.8) is 0 Å². The summed E-state index contributed by atoms with van der Waals surface area (Å²) in [5.74, 6) is -2.28. The van der Waals surface area contributed by atoms with Crippen LogP contribution < -0.4 is 11.1 Å². The molecule has 0 amide bonds. The Labute approximate surface area is 140 Å². The van der Waals surface area contributed by atoms with Crippen molar-refractivity contribution in [1.82, 2.24) is 0 Å². The maximum Gasteiger partial charge on any atom is 0.161 e. The molecule has 0 aliphatic carbocycles. The zero-order valence-electron chi connectivity index (χ0n) is 10.2. The Morgan fingerprint density at radius 1 is 1.14 bits per heavy atom. The third kappa shape index (κ3) is 3.38. The molecule has 0 heterocycles. The van der Waals surface area contributed by atoms with Crippen molar-refractivity contribution in [3.05, 3.63) is 56.2 Å². The molecule has 3 N–H and O–H groups in total. The summed E-state index contributed by atoms with van der Waals surface area (Å²) in [7, 11) is 0. The van der Waals surface area contributed by atoms with Crippen molar-refractivity contribution >= 4 is 60.4 Å². The molecular formula is C13H7Br2F3N2S. The van der Waals surface area contributed by atoms with Gasteiger partial charge < -0.3 is 11.1 Å². The van der Waals surface area contributed by atoms with E-state index >= 15 is 0 Å². The number of hydrogen-bond donors (Lipinski definition) is 2. The minimum absolute atomic E-state index is 0.00640. The van der Waals surface area contributed by atoms with E-state index in [-0.39, 0.29) is 25.3 Å². The van der Waals surface area contributed by atoms with E-state index in [4.69, 9.17) is 18.0 Å². The van der Waals surface area contributed by atoms with E-state index in [0.29, 0.717) is 11.6 Å². The van der Waals surface area contributed by atoms with Gasteiger partial charge >= 0.3 is 0 Å². The van der Waals surface area contributed by atoms with Gasteiger partial charge in [0.05, 0.1) is 15.8 Å². The van der Waals surface area contributed by atoms with Crippen LogP contribution in [-0.2, 0) is 0 Å². The van der Waals surface area contributed by atoms with Gasteiger partial charge in [0.15, 0.2) is 11.6 Å². The SMILES string of the molecule is NC(=S)c1ccc(Nc2c(F)cc(F)cc2Br)c(F)c1Br. The van der Waals surface area contributed by atoms with Crippen molar-refractivity contribution in [3.8, 4) is 0 Å². The summed E-state index contributed by atoms with van der Waals surface area (Å²) in [6, 6.07) is 4.63. The fraction of sp³-hybridized carbons (Fsp3) is 0. The Balaban J connectivity index is 2.46. The number of halogens is 5. The maximum atomic E-state index is 14.2. The van der Waals surface area contributed by atoms with Crippen LogP contribution in [0.15, 0.2) is 33.2 Å². The van der Waals surface area contributed by atoms with E-state index in [1.807, 2.05) is 0 Å². The first kappa shape index (κ1) is 16.3. The molecule has 0 atom stereocenters. The highest BCUT2D eigenvalue weighted by atomic mass is 79.9. The predicted molar refractivity (Wildman–Crippen MR) is 87.3 cm³/mol. The summed E-state index contributed by atoms with van der Waals surface area (Å²) in [4.78, 5) is 0.0291. The molecule has 2 nitrogen and oxygen atoms in total. The van der Waals surface area contributed by atoms with Crippen LogP contribution in [0.5, 0.6) is 0 Å². The number of anilines is 2. The number of nitrogens with one attached hydrogen (secondary N) is 1. The molecule has 110 valence electrons. The maximum absolute atomic E-state index is 14.2. The van der Waals surface area contributed by atoms with Gasteiger partial charge in [0.1, 0.15) is 10.8 Å². The molecule has 0 radical (unpaired) electrons. The Bertz CT molecular complexity index is 715. The molecule has 0 aromatic heterocycles. The summed E-state index contributed by atoms with van der Waals surface area (Å²) in [6.45, 7) is 0. The molecule has 2 rings (SSSR count). The van der Waals surface area contributed by atoms with Crippen molar-refractivity contribution < 1.29 is 13.2 Å². The molecule has 0 aliphatic rings. The van der Waals surface area contributed by atoms with E-state index in [1.54, 1.807) is 0 Å². The molecule has 0 saturated heterocycles. The van der Waals surface area contributed by atoms with E-state index in [2.05, 4.69) is 37.2 Å². The van der Waals surface area contributed by atoms with Crippen molar-refractivity contribution in [2.24, 2.45) is 5.73 Å². The van der Waals surface area contributed by atoms with Gasteiger partial charge in [-0.25, -0.2) is 13.2 Å². The minimum atomic E-state index is -0.851. The summed E-state index contributed by atoms with van der Waals surface area (Å²) in [5.41, 5.74) is 5.70. The highest BCUT2D eigenvalue weighted by molar-refractivity contribution is 9.11. The van der Waals surface area contributed by atoms with Gasteiger partial charge in [0.2, 0.25) is 0 Å². The fourth-order valence-electron chi connectivity index (χ4n) is 1.63. The van der Waals surface area contributed by atoms with Gasteiger partial charge in [0, 0.05) is 16.1 Å². The third-order valence-corrected chi connectivity index (χ3v) is 4.23. The lowest BCUT2D eigenvalue weighted by Crippen LogP contribution is -2.11. The summed E-state index contributed by atoms with van der Waals surface area (Å²) in [5, 5.41) is 2.57. The van der Waals surface area contributed by atoms with Crippen LogP contribution in [0.25, 0.3) is 0 Å². The molecule has 8 heteroatoms. The number of thiocarbonyl (C=S) groups is 1. The zero-order chi connectivity index (χ0) is 15.7. The average Bonchev–Trinajstić information content (AvgIpc) is 2.38. The minimum Gasteiger partial charge on any atom is -0.389 e. The quantitative estimate of drug-likeness (QED) is 0.660. The van der Waals surface area contributed by atoms with Crippen molar-refractivity contribution in [1.29, 1.82) is 0 Å². The molecule has 0 spiro atoms. The average molecular weight is 440 g/mol. The lowest BCUT2D eigenvalue weighted by Gasteiger charge is -2.13. The second-order valence-electron chi connectivity index (χ2n) is 4.02. The molecule has 0 bridgehead atoms. The van der Waals surface area contributed by atoms with Gasteiger partial charge in [-0.05, 0) is 50.1 Å². The Morgan fingerprint density at radius 3 is 2.38 bits per heavy atom. The van der Waals surface area contributed by atoms with Crippen LogP contribution in [0.1, 0.15) is 5.56 Å². The second-order valence-corrected chi connectivity index (χ2v) is 6.11. The van der Waals surface area contributed by atoms with E-state index < -0.39 is 17.5 Å². The largest absolute Gasteiger partial charge is 0.389 e. The second kappa shape index (κ2) is 6.33. The molecule has 2 aromatic carbocycles. The first-order valence-electron chi connectivity index (χ1n) is 5.50. The van der Waals surface area contributed by atoms with Crippen LogP contribution in [-0.4, -0.2) is 4.99 Å². The van der Waals surface area contributed by atoms with Gasteiger partial charge in [-0.15, -0.1) is 0 Å². The zero-order valence-corrected chi connectivity index (χ0v) is 14.2. The smallest absolute Gasteiger partial charge is 0.161 e. The van der Waals surface area contributed by atoms with Crippen LogP contribution in [0.4, 0.5) is 24.5 Å². The van der Waals surface area contributed by atoms with Crippen LogP contribution in [0.2, 0.25) is 0 Å². The lowest BCUT2D eigenvalue weighted by atomic mass is 10.2. The first-order valence-corrected chi connectivity index (χ1v) is 7.50. The number of rotatable bonds is 3. The van der Waals surface area contributed by atoms with Crippen LogP contribution >= 0.6 is 44.1 Å². The first-order chi connectivity index (χ1) is 9.81. The monoisotopic (exact) mass is 438 g/mol. The molecular weight excluding hydrogens is 433 g/mol. The van der Waals surface area contributed by atoms with E-state index in [0.717, 1.165) is 6.07 Å². The van der Waals surface area contributed by atoms with Gasteiger partial charge in [-0.3, -0.25) is 0 Å². The van der Waals surface area contributed by atoms with E-state index in [1.165, 1.54) is 12.1 Å². The van der Waals surface area contributed by atoms with Gasteiger partial charge in [-0.2, -0.15) is 0 Å². The van der Waals surface area contributed by atoms with Gasteiger partial charge in [-0.1, -0.05) is 12.2 Å². The molecule has 21 heavy (non-hydrogen) atoms. The summed E-state index contributed by atoms with van der Waals surface area (Å²) in [6.07, 6.45) is 0. The third-order valence-electron chi connectivity index (χ3n) is 2.61. The lowest BCUT2D eigenvalue weighted by molar-refractivity contribution is 0.584. The fourth-order valence-corrected chi connectivity index (χ4v) is 3.00. The van der Waals surface area contributed by atoms with Crippen molar-refractivity contribution in [2.45, 2.75) is 0 Å². The molecule has 0 fully saturated rings. The van der Waals surface area contributed by atoms with E-state index in [9.17, 15) is 13.2 Å². The summed E-state index contributed by atoms with van der Waals surface area (Å²) < 4.78 is 41.2. The predicted octanol–water partition coefficient (Wildman–Crippen LogP) is 5.01. The summed E-state index contributed by atoms with van der Waals surface area (Å²) >= 11 is 10.9. The highest BCUT2D eigenvalue weighted by Crippen LogP contribution is 2.33. The van der Waals surface area contributed by atoms with Crippen LogP contribution in [0, 0.1) is 17.5 Å². The Kier molecular flexibility index (Phi) is 4.90. The molecule has 0 unspecified atom stereocenters. The van der Waals surface area contributed by atoms with Gasteiger partial charge in [0.25, 0.3) is 0 Å². The number of benzene rings is 2.